The third kappa shape index (κ3) is 14.1. The zero-order valence-electron chi connectivity index (χ0n) is 30.0. The van der Waals surface area contributed by atoms with E-state index in [4.69, 9.17) is 19.5 Å². The highest BCUT2D eigenvalue weighted by molar-refractivity contribution is 7.51. The highest BCUT2D eigenvalue weighted by Gasteiger charge is 2.50. The summed E-state index contributed by atoms with van der Waals surface area (Å²) in [5.41, 5.74) is 6.41. The fourth-order valence-corrected chi connectivity index (χ4v) is 6.55. The molecular weight excluding hydrogens is 673 g/mol. The standard InChI is InChI=1S/C36H56N7O7P/c1-4-5-6-7-8-9-10-11-12-13-14-15-16-17-18-19-20-21-22-23-29(44)38-24-25-42-51(47,48-3)50-28(2)33-31(45)32(46)36(49-33)43-27-41-30-34(37)39-26-40-35(30)43/h5-6,8-9,11-12,14-15,17-18,20-21,26,28,31-33,36,41,45-46H,4,7,10,13,16,19,22-25,27H2,1-3H3,(H,38,44)(H,42,47)(H2,37,39,40). The van der Waals surface area contributed by atoms with Gasteiger partial charge < -0.3 is 40.7 Å². The lowest BCUT2D eigenvalue weighted by molar-refractivity contribution is -0.120. The Balaban J connectivity index is 1.26. The maximum Gasteiger partial charge on any atom is 0.405 e. The van der Waals surface area contributed by atoms with Crippen molar-refractivity contribution >= 4 is 31.0 Å². The van der Waals surface area contributed by atoms with E-state index in [1.54, 1.807) is 11.8 Å². The number of allylic oxidation sites excluding steroid dienone is 12. The number of hydrogen-bond acceptors (Lipinski definition) is 12. The maximum atomic E-state index is 13.2. The van der Waals surface area contributed by atoms with Crippen LogP contribution in [-0.4, -0.2) is 83.6 Å². The van der Waals surface area contributed by atoms with Crippen molar-refractivity contribution in [3.63, 3.8) is 0 Å². The van der Waals surface area contributed by atoms with Gasteiger partial charge in [-0.3, -0.25) is 9.32 Å². The van der Waals surface area contributed by atoms with Gasteiger partial charge in [-0.05, 0) is 51.9 Å². The Hall–Kier alpha value is -3.62. The van der Waals surface area contributed by atoms with Crippen molar-refractivity contribution in [1.82, 2.24) is 20.4 Å². The predicted molar refractivity (Wildman–Crippen MR) is 202 cm³/mol. The molecule has 0 spiro atoms. The van der Waals surface area contributed by atoms with Crippen LogP contribution in [0.25, 0.3) is 0 Å². The van der Waals surface area contributed by atoms with Crippen molar-refractivity contribution in [2.24, 2.45) is 0 Å². The van der Waals surface area contributed by atoms with Crippen LogP contribution in [0.15, 0.2) is 79.2 Å². The molecule has 1 aromatic heterocycles. The quantitative estimate of drug-likeness (QED) is 0.0499. The number of nitrogens with zero attached hydrogens (tertiary/aromatic N) is 3. The molecule has 0 saturated carbocycles. The minimum atomic E-state index is -3.84. The molecular formula is C36H56N7O7P. The SMILES string of the molecule is CCC=CCC=CCC=CCC=CCC=CCC=CCCC(=O)NCCNP(=O)(OC)OC(C)C1OC(N2CNc3c(N)ncnc32)C(O)C1O. The van der Waals surface area contributed by atoms with Crippen LogP contribution in [0.3, 0.4) is 0 Å². The van der Waals surface area contributed by atoms with Crippen molar-refractivity contribution < 1.29 is 33.4 Å². The van der Waals surface area contributed by atoms with Crippen molar-refractivity contribution in [1.29, 1.82) is 0 Å². The van der Waals surface area contributed by atoms with Crippen LogP contribution in [0.5, 0.6) is 0 Å². The van der Waals surface area contributed by atoms with Gasteiger partial charge >= 0.3 is 7.75 Å². The summed E-state index contributed by atoms with van der Waals surface area (Å²) < 4.78 is 30.0. The largest absolute Gasteiger partial charge is 0.405 e. The predicted octanol–water partition coefficient (Wildman–Crippen LogP) is 5.04. The van der Waals surface area contributed by atoms with Crippen LogP contribution in [0, 0.1) is 0 Å². The first kappa shape index (κ1) is 41.8. The van der Waals surface area contributed by atoms with Crippen molar-refractivity contribution in [3.05, 3.63) is 79.2 Å². The van der Waals surface area contributed by atoms with Crippen LogP contribution in [0.4, 0.5) is 17.3 Å². The van der Waals surface area contributed by atoms with E-state index in [1.165, 1.54) is 13.4 Å². The normalized spacial score (nSPS) is 22.6. The Morgan fingerprint density at radius 1 is 1.00 bits per heavy atom. The average molecular weight is 730 g/mol. The van der Waals surface area contributed by atoms with E-state index in [0.717, 1.165) is 38.5 Å². The summed E-state index contributed by atoms with van der Waals surface area (Å²) in [6, 6.07) is 0. The van der Waals surface area contributed by atoms with E-state index >= 15 is 0 Å². The van der Waals surface area contributed by atoms with Crippen LogP contribution in [-0.2, 0) is 23.1 Å². The van der Waals surface area contributed by atoms with E-state index in [1.807, 2.05) is 12.2 Å². The number of hydrogen-bond donors (Lipinski definition) is 6. The number of carbonyl (C=O) groups is 1. The Morgan fingerprint density at radius 2 is 1.59 bits per heavy atom. The van der Waals surface area contributed by atoms with E-state index in [2.05, 4.69) is 93.4 Å². The molecule has 2 aliphatic rings. The number of aliphatic hydroxyl groups is 2. The number of nitrogens with one attached hydrogen (secondary N) is 3. The molecule has 51 heavy (non-hydrogen) atoms. The first-order valence-electron chi connectivity index (χ1n) is 17.6. The zero-order valence-corrected chi connectivity index (χ0v) is 30.9. The van der Waals surface area contributed by atoms with Crippen molar-refractivity contribution in [2.45, 2.75) is 95.9 Å². The van der Waals surface area contributed by atoms with Gasteiger partial charge in [0.1, 0.15) is 30.3 Å². The minimum absolute atomic E-state index is 0.111. The molecule has 1 fully saturated rings. The lowest BCUT2D eigenvalue weighted by Crippen LogP contribution is -2.44. The third-order valence-electron chi connectivity index (χ3n) is 8.03. The van der Waals surface area contributed by atoms with Gasteiger partial charge in [-0.2, -0.15) is 0 Å². The number of nitrogen functional groups attached to an aromatic ring is 1. The smallest absolute Gasteiger partial charge is 0.387 e. The monoisotopic (exact) mass is 729 g/mol. The maximum absolute atomic E-state index is 13.2. The topological polar surface area (TPSA) is 193 Å². The molecule has 0 aromatic carbocycles. The lowest BCUT2D eigenvalue weighted by Gasteiger charge is -2.28. The first-order valence-corrected chi connectivity index (χ1v) is 19.1. The average Bonchev–Trinajstić information content (AvgIpc) is 3.68. The van der Waals surface area contributed by atoms with Crippen molar-refractivity contribution in [3.8, 4) is 0 Å². The third-order valence-corrected chi connectivity index (χ3v) is 9.73. The molecule has 3 rings (SSSR count). The molecule has 3 heterocycles. The summed E-state index contributed by atoms with van der Waals surface area (Å²) in [6.45, 7) is 4.23. The molecule has 0 aliphatic carbocycles. The number of aromatic nitrogens is 2. The second-order valence-corrected chi connectivity index (χ2v) is 13.8. The fraction of sp³-hybridized carbons (Fsp3) is 0.528. The summed E-state index contributed by atoms with van der Waals surface area (Å²) >= 11 is 0. The summed E-state index contributed by atoms with van der Waals surface area (Å²) in [7, 11) is -2.62. The fourth-order valence-electron chi connectivity index (χ4n) is 5.32. The number of nitrogens with two attached hydrogens (primary N) is 1. The molecule has 282 valence electrons. The second-order valence-electron chi connectivity index (χ2n) is 11.9. The van der Waals surface area contributed by atoms with Gasteiger partial charge in [0.2, 0.25) is 5.91 Å². The second kappa shape index (κ2) is 23.0. The number of aliphatic hydroxyl groups excluding tert-OH is 2. The van der Waals surface area contributed by atoms with E-state index < -0.39 is 38.4 Å². The van der Waals surface area contributed by atoms with Crippen LogP contribution in [0.1, 0.15) is 65.2 Å². The number of fused-ring (bicyclic) bond motifs is 1. The molecule has 6 atom stereocenters. The van der Waals surface area contributed by atoms with E-state index in [9.17, 15) is 19.6 Å². The van der Waals surface area contributed by atoms with Gasteiger partial charge in [0.15, 0.2) is 17.9 Å². The van der Waals surface area contributed by atoms with Gasteiger partial charge in [0.05, 0.1) is 12.8 Å². The number of anilines is 3. The summed E-state index contributed by atoms with van der Waals surface area (Å²) in [6.07, 6.45) is 28.0. The van der Waals surface area contributed by atoms with Gasteiger partial charge in [-0.25, -0.2) is 19.6 Å². The minimum Gasteiger partial charge on any atom is -0.387 e. The van der Waals surface area contributed by atoms with Crippen LogP contribution < -0.4 is 26.4 Å². The Bertz CT molecular complexity index is 1430. The van der Waals surface area contributed by atoms with Gasteiger partial charge in [0, 0.05) is 26.6 Å². The summed E-state index contributed by atoms with van der Waals surface area (Å²) in [5.74, 6) is 0.541. The van der Waals surface area contributed by atoms with Gasteiger partial charge in [0.25, 0.3) is 0 Å². The molecule has 14 nitrogen and oxygen atoms in total. The summed E-state index contributed by atoms with van der Waals surface area (Å²) in [4.78, 5) is 22.0. The van der Waals surface area contributed by atoms with Crippen LogP contribution in [0.2, 0.25) is 0 Å². The Morgan fingerprint density at radius 3 is 2.18 bits per heavy atom. The molecule has 1 saturated heterocycles. The first-order chi connectivity index (χ1) is 24.7. The molecule has 2 aliphatic heterocycles. The zero-order chi connectivity index (χ0) is 36.9. The van der Waals surface area contributed by atoms with Gasteiger partial charge in [-0.1, -0.05) is 79.8 Å². The number of ether oxygens (including phenoxy) is 1. The molecule has 0 bridgehead atoms. The molecule has 7 N–H and O–H groups in total. The highest BCUT2D eigenvalue weighted by atomic mass is 31.2. The van der Waals surface area contributed by atoms with E-state index in [0.29, 0.717) is 24.3 Å². The van der Waals surface area contributed by atoms with Crippen molar-refractivity contribution in [2.75, 3.05) is 42.8 Å². The lowest BCUT2D eigenvalue weighted by atomic mass is 10.1. The Labute approximate surface area is 302 Å². The summed E-state index contributed by atoms with van der Waals surface area (Å²) in [5, 5.41) is 30.1. The number of rotatable bonds is 23. The highest BCUT2D eigenvalue weighted by Crippen LogP contribution is 2.46. The molecule has 1 amide bonds. The van der Waals surface area contributed by atoms with E-state index in [-0.39, 0.29) is 31.5 Å². The Kier molecular flexibility index (Phi) is 18.9. The molecule has 1 aromatic rings. The van der Waals surface area contributed by atoms with Gasteiger partial charge in [-0.15, -0.1) is 0 Å². The molecule has 6 unspecified atom stereocenters. The molecule has 15 heteroatoms. The molecule has 0 radical (unpaired) electrons. The van der Waals surface area contributed by atoms with Crippen LogP contribution >= 0.6 is 7.75 Å². The number of carbonyl (C=O) groups excluding carboxylic acids is 1. The number of amides is 1.